The fourth-order valence-electron chi connectivity index (χ4n) is 2.72. The first-order chi connectivity index (χ1) is 8.50. The second-order valence-corrected chi connectivity index (χ2v) is 5.72. The van der Waals surface area contributed by atoms with Crippen LogP contribution in [0, 0.1) is 5.41 Å². The fourth-order valence-corrected chi connectivity index (χ4v) is 2.94. The van der Waals surface area contributed by atoms with Crippen LogP contribution >= 0.6 is 11.6 Å². The van der Waals surface area contributed by atoms with E-state index < -0.39 is 5.41 Å². The van der Waals surface area contributed by atoms with E-state index >= 15 is 0 Å². The van der Waals surface area contributed by atoms with Gasteiger partial charge >= 0.3 is 0 Å². The third kappa shape index (κ3) is 2.08. The second kappa shape index (κ2) is 5.02. The number of rotatable bonds is 4. The highest BCUT2D eigenvalue weighted by Crippen LogP contribution is 2.40. The van der Waals surface area contributed by atoms with Crippen molar-refractivity contribution in [3.63, 3.8) is 0 Å². The Morgan fingerprint density at radius 3 is 3.00 bits per heavy atom. The highest BCUT2D eigenvalue weighted by atomic mass is 35.5. The Morgan fingerprint density at radius 2 is 2.44 bits per heavy atom. The highest BCUT2D eigenvalue weighted by molar-refractivity contribution is 6.33. The van der Waals surface area contributed by atoms with Crippen LogP contribution in [0.15, 0.2) is 6.20 Å². The van der Waals surface area contributed by atoms with Crippen LogP contribution in [0.3, 0.4) is 0 Å². The molecule has 0 aromatic carbocycles. The summed E-state index contributed by atoms with van der Waals surface area (Å²) in [7, 11) is 0. The van der Waals surface area contributed by atoms with Crippen molar-refractivity contribution < 1.29 is 4.79 Å². The summed E-state index contributed by atoms with van der Waals surface area (Å²) in [5.41, 5.74) is 6.14. The molecule has 4 nitrogen and oxygen atoms in total. The molecule has 1 saturated carbocycles. The number of carbonyl (C=O) groups is 1. The number of ketones is 1. The third-order valence-corrected chi connectivity index (χ3v) is 4.27. The lowest BCUT2D eigenvalue weighted by molar-refractivity contribution is 0.0790. The van der Waals surface area contributed by atoms with Crippen LogP contribution in [0.4, 0.5) is 0 Å². The molecule has 2 N–H and O–H groups in total. The number of aromatic nitrogens is 2. The lowest BCUT2D eigenvalue weighted by Crippen LogP contribution is -2.42. The van der Waals surface area contributed by atoms with E-state index in [0.717, 1.165) is 25.7 Å². The van der Waals surface area contributed by atoms with Gasteiger partial charge in [0.2, 0.25) is 0 Å². The molecule has 1 aliphatic rings. The molecule has 2 unspecified atom stereocenters. The van der Waals surface area contributed by atoms with Crippen molar-refractivity contribution in [2.24, 2.45) is 11.1 Å². The SMILES string of the molecule is CCCn1ncc(Cl)c1C(=O)C1(C)CCCC1N. The number of aryl methyl sites for hydroxylation is 1. The summed E-state index contributed by atoms with van der Waals surface area (Å²) in [4.78, 5) is 12.7. The van der Waals surface area contributed by atoms with Gasteiger partial charge in [-0.2, -0.15) is 5.10 Å². The molecule has 100 valence electrons. The summed E-state index contributed by atoms with van der Waals surface area (Å²) in [6.45, 7) is 4.71. The molecule has 0 spiro atoms. The summed E-state index contributed by atoms with van der Waals surface area (Å²) < 4.78 is 1.71. The molecular weight excluding hydrogens is 250 g/mol. The number of Topliss-reactive ketones (excluding diaryl/α,β-unsaturated/α-hetero) is 1. The quantitative estimate of drug-likeness (QED) is 0.855. The van der Waals surface area contributed by atoms with E-state index in [1.165, 1.54) is 0 Å². The molecule has 1 heterocycles. The van der Waals surface area contributed by atoms with Gasteiger partial charge in [0, 0.05) is 18.0 Å². The molecule has 1 aliphatic carbocycles. The maximum Gasteiger partial charge on any atom is 0.189 e. The molecule has 0 bridgehead atoms. The van der Waals surface area contributed by atoms with E-state index in [4.69, 9.17) is 17.3 Å². The number of nitrogens with two attached hydrogens (primary N) is 1. The van der Waals surface area contributed by atoms with Gasteiger partial charge in [-0.15, -0.1) is 0 Å². The van der Waals surface area contributed by atoms with Crippen molar-refractivity contribution in [2.45, 2.75) is 52.1 Å². The Kier molecular flexibility index (Phi) is 3.78. The zero-order valence-electron chi connectivity index (χ0n) is 10.9. The first kappa shape index (κ1) is 13.6. The Bertz CT molecular complexity index is 457. The van der Waals surface area contributed by atoms with Crippen LogP contribution in [0.25, 0.3) is 0 Å². The molecule has 1 aromatic rings. The van der Waals surface area contributed by atoms with Gasteiger partial charge in [-0.1, -0.05) is 31.9 Å². The number of nitrogens with zero attached hydrogens (tertiary/aromatic N) is 2. The minimum absolute atomic E-state index is 0.0449. The summed E-state index contributed by atoms with van der Waals surface area (Å²) in [6, 6.07) is -0.0777. The van der Waals surface area contributed by atoms with E-state index in [9.17, 15) is 4.79 Å². The van der Waals surface area contributed by atoms with Gasteiger partial charge in [-0.05, 0) is 19.3 Å². The van der Waals surface area contributed by atoms with Crippen molar-refractivity contribution in [3.8, 4) is 0 Å². The molecule has 2 rings (SSSR count). The third-order valence-electron chi connectivity index (χ3n) is 3.99. The summed E-state index contributed by atoms with van der Waals surface area (Å²) in [6.07, 6.45) is 5.21. The molecule has 0 aliphatic heterocycles. The molecule has 18 heavy (non-hydrogen) atoms. The monoisotopic (exact) mass is 269 g/mol. The lowest BCUT2D eigenvalue weighted by Gasteiger charge is -2.27. The standard InChI is InChI=1S/C13H20ClN3O/c1-3-7-17-11(9(14)8-16-17)12(18)13(2)6-4-5-10(13)15/h8,10H,3-7,15H2,1-2H3. The van der Waals surface area contributed by atoms with E-state index in [0.29, 0.717) is 17.3 Å². The Morgan fingerprint density at radius 1 is 1.72 bits per heavy atom. The summed E-state index contributed by atoms with van der Waals surface area (Å²) in [5, 5.41) is 4.62. The minimum Gasteiger partial charge on any atom is -0.327 e. The van der Waals surface area contributed by atoms with Crippen LogP contribution in [-0.2, 0) is 6.54 Å². The highest BCUT2D eigenvalue weighted by Gasteiger charge is 2.45. The van der Waals surface area contributed by atoms with Gasteiger partial charge in [0.05, 0.1) is 11.2 Å². The van der Waals surface area contributed by atoms with Crippen LogP contribution < -0.4 is 5.73 Å². The molecule has 2 atom stereocenters. The van der Waals surface area contributed by atoms with Gasteiger partial charge in [-0.3, -0.25) is 9.48 Å². The predicted octanol–water partition coefficient (Wildman–Crippen LogP) is 2.65. The van der Waals surface area contributed by atoms with Crippen molar-refractivity contribution >= 4 is 17.4 Å². The maximum atomic E-state index is 12.7. The van der Waals surface area contributed by atoms with E-state index in [1.54, 1.807) is 10.9 Å². The Labute approximate surface area is 112 Å². The summed E-state index contributed by atoms with van der Waals surface area (Å²) >= 11 is 6.12. The van der Waals surface area contributed by atoms with Crippen LogP contribution in [0.5, 0.6) is 0 Å². The van der Waals surface area contributed by atoms with E-state index in [2.05, 4.69) is 5.10 Å². The average Bonchev–Trinajstić information content (AvgIpc) is 2.85. The first-order valence-electron chi connectivity index (χ1n) is 6.52. The molecular formula is C13H20ClN3O. The Hall–Kier alpha value is -0.870. The van der Waals surface area contributed by atoms with E-state index in [1.807, 2.05) is 13.8 Å². The molecule has 0 amide bonds. The zero-order valence-corrected chi connectivity index (χ0v) is 11.7. The zero-order chi connectivity index (χ0) is 13.3. The molecule has 5 heteroatoms. The van der Waals surface area contributed by atoms with Gasteiger partial charge in [-0.25, -0.2) is 0 Å². The first-order valence-corrected chi connectivity index (χ1v) is 6.90. The fraction of sp³-hybridized carbons (Fsp3) is 0.692. The smallest absolute Gasteiger partial charge is 0.189 e. The molecule has 1 fully saturated rings. The van der Waals surface area contributed by atoms with Crippen molar-refractivity contribution in [1.29, 1.82) is 0 Å². The minimum atomic E-state index is -0.491. The average molecular weight is 270 g/mol. The van der Waals surface area contributed by atoms with Crippen molar-refractivity contribution in [1.82, 2.24) is 9.78 Å². The van der Waals surface area contributed by atoms with Crippen LogP contribution in [0.1, 0.15) is 50.0 Å². The lowest BCUT2D eigenvalue weighted by atomic mass is 9.79. The van der Waals surface area contributed by atoms with Gasteiger partial charge in [0.15, 0.2) is 5.78 Å². The van der Waals surface area contributed by atoms with Gasteiger partial charge < -0.3 is 5.73 Å². The summed E-state index contributed by atoms with van der Waals surface area (Å²) in [5.74, 6) is 0.0449. The number of hydrogen-bond donors (Lipinski definition) is 1. The van der Waals surface area contributed by atoms with Crippen molar-refractivity contribution in [2.75, 3.05) is 0 Å². The maximum absolute atomic E-state index is 12.7. The van der Waals surface area contributed by atoms with Crippen LogP contribution in [-0.4, -0.2) is 21.6 Å². The van der Waals surface area contributed by atoms with Crippen LogP contribution in [0.2, 0.25) is 5.02 Å². The van der Waals surface area contributed by atoms with Gasteiger partial charge in [0.1, 0.15) is 5.69 Å². The Balaban J connectivity index is 2.36. The number of halogens is 1. The molecule has 0 saturated heterocycles. The number of hydrogen-bond acceptors (Lipinski definition) is 3. The normalized spacial score (nSPS) is 27.7. The second-order valence-electron chi connectivity index (χ2n) is 5.31. The molecule has 1 aromatic heterocycles. The molecule has 0 radical (unpaired) electrons. The predicted molar refractivity (Wildman–Crippen MR) is 71.8 cm³/mol. The van der Waals surface area contributed by atoms with E-state index in [-0.39, 0.29) is 11.8 Å². The topological polar surface area (TPSA) is 60.9 Å². The van der Waals surface area contributed by atoms with Crippen molar-refractivity contribution in [3.05, 3.63) is 16.9 Å². The van der Waals surface area contributed by atoms with Gasteiger partial charge in [0.25, 0.3) is 0 Å². The number of carbonyl (C=O) groups excluding carboxylic acids is 1. The largest absolute Gasteiger partial charge is 0.327 e.